The van der Waals surface area contributed by atoms with Crippen molar-refractivity contribution in [1.82, 2.24) is 4.31 Å². The van der Waals surface area contributed by atoms with Gasteiger partial charge in [-0.15, -0.1) is 0 Å². The molecule has 1 aliphatic carbocycles. The largest absolute Gasteiger partial charge is 0.496 e. The van der Waals surface area contributed by atoms with E-state index < -0.39 is 10.0 Å². The van der Waals surface area contributed by atoms with Gasteiger partial charge < -0.3 is 4.74 Å². The monoisotopic (exact) mass is 361 g/mol. The third-order valence-corrected chi connectivity index (χ3v) is 6.42. The van der Waals surface area contributed by atoms with E-state index in [4.69, 9.17) is 4.74 Å². The lowest BCUT2D eigenvalue weighted by Crippen LogP contribution is -2.38. The highest BCUT2D eigenvalue weighted by Crippen LogP contribution is 2.32. The smallest absolute Gasteiger partial charge is 0.243 e. The maximum atomic E-state index is 12.8. The zero-order chi connectivity index (χ0) is 14.8. The Morgan fingerprint density at radius 1 is 1.35 bits per heavy atom. The van der Waals surface area contributed by atoms with E-state index >= 15 is 0 Å². The number of nitrogens with zero attached hydrogens (tertiary/aromatic N) is 1. The van der Waals surface area contributed by atoms with Crippen LogP contribution < -0.4 is 4.74 Å². The molecule has 6 heteroatoms. The second-order valence-corrected chi connectivity index (χ2v) is 7.69. The second-order valence-electron chi connectivity index (χ2n) is 4.94. The number of benzene rings is 1. The maximum absolute atomic E-state index is 12.8. The molecule has 0 radical (unpaired) electrons. The van der Waals surface area contributed by atoms with E-state index in [-0.39, 0.29) is 6.04 Å². The average molecular weight is 362 g/mol. The first-order chi connectivity index (χ1) is 9.50. The van der Waals surface area contributed by atoms with Crippen molar-refractivity contribution in [1.29, 1.82) is 0 Å². The lowest BCUT2D eigenvalue weighted by molar-refractivity contribution is 0.335. The zero-order valence-corrected chi connectivity index (χ0v) is 14.2. The van der Waals surface area contributed by atoms with Crippen molar-refractivity contribution in [3.05, 3.63) is 22.7 Å². The fourth-order valence-electron chi connectivity index (χ4n) is 2.76. The number of methoxy groups -OCH3 is 1. The predicted molar refractivity (Wildman–Crippen MR) is 82.5 cm³/mol. The Bertz CT molecular complexity index is 568. The van der Waals surface area contributed by atoms with Gasteiger partial charge >= 0.3 is 0 Å². The second kappa shape index (κ2) is 6.45. The number of sulfonamides is 1. The Kier molecular flexibility index (Phi) is 5.09. The first kappa shape index (κ1) is 15.8. The summed E-state index contributed by atoms with van der Waals surface area (Å²) in [4.78, 5) is 0.318. The summed E-state index contributed by atoms with van der Waals surface area (Å²) < 4.78 is 33.0. The molecule has 0 spiro atoms. The summed E-state index contributed by atoms with van der Waals surface area (Å²) in [6.07, 6.45) is 4.15. The summed E-state index contributed by atoms with van der Waals surface area (Å²) in [5.74, 6) is 0.632. The molecular formula is C14H20BrNO3S. The fraction of sp³-hybridized carbons (Fsp3) is 0.571. The molecule has 0 aliphatic heterocycles. The van der Waals surface area contributed by atoms with Gasteiger partial charge in [-0.25, -0.2) is 8.42 Å². The Balaban J connectivity index is 2.35. The van der Waals surface area contributed by atoms with E-state index in [0.29, 0.717) is 21.7 Å². The van der Waals surface area contributed by atoms with Gasteiger partial charge in [-0.2, -0.15) is 4.31 Å². The molecule has 1 aromatic carbocycles. The molecule has 0 amide bonds. The number of ether oxygens (including phenoxy) is 1. The molecule has 0 unspecified atom stereocenters. The number of halogens is 1. The van der Waals surface area contributed by atoms with Gasteiger partial charge in [0.15, 0.2) is 0 Å². The summed E-state index contributed by atoms with van der Waals surface area (Å²) >= 11 is 3.35. The van der Waals surface area contributed by atoms with Crippen molar-refractivity contribution < 1.29 is 13.2 Å². The van der Waals surface area contributed by atoms with Crippen LogP contribution in [-0.4, -0.2) is 32.4 Å². The fourth-order valence-corrected chi connectivity index (χ4v) is 5.17. The van der Waals surface area contributed by atoms with Crippen LogP contribution in [0.5, 0.6) is 5.75 Å². The van der Waals surface area contributed by atoms with Crippen molar-refractivity contribution >= 4 is 26.0 Å². The third-order valence-electron chi connectivity index (χ3n) is 3.77. The number of rotatable bonds is 5. The SMILES string of the molecule is CCN(C1CCCC1)S(=O)(=O)c1ccc(OC)c(Br)c1. The van der Waals surface area contributed by atoms with E-state index in [9.17, 15) is 8.42 Å². The average Bonchev–Trinajstić information content (AvgIpc) is 2.93. The topological polar surface area (TPSA) is 46.6 Å². The first-order valence-electron chi connectivity index (χ1n) is 6.86. The number of hydrogen-bond donors (Lipinski definition) is 0. The Morgan fingerprint density at radius 2 is 2.00 bits per heavy atom. The predicted octanol–water partition coefficient (Wildman–Crippen LogP) is 3.41. The normalized spacial score (nSPS) is 16.8. The van der Waals surface area contributed by atoms with Crippen LogP contribution in [0.1, 0.15) is 32.6 Å². The maximum Gasteiger partial charge on any atom is 0.243 e. The molecule has 1 fully saturated rings. The molecule has 1 aromatic rings. The van der Waals surface area contributed by atoms with Crippen LogP contribution in [0, 0.1) is 0 Å². The standard InChI is InChI=1S/C14H20BrNO3S/c1-3-16(11-6-4-5-7-11)20(17,18)12-8-9-14(19-2)13(15)10-12/h8-11H,3-7H2,1-2H3. The van der Waals surface area contributed by atoms with Gasteiger partial charge in [0.25, 0.3) is 0 Å². The van der Waals surface area contributed by atoms with Crippen LogP contribution in [0.3, 0.4) is 0 Å². The lowest BCUT2D eigenvalue weighted by atomic mass is 10.2. The molecule has 0 atom stereocenters. The molecular weight excluding hydrogens is 342 g/mol. The molecule has 1 aliphatic rings. The van der Waals surface area contributed by atoms with Gasteiger partial charge in [0.05, 0.1) is 16.5 Å². The van der Waals surface area contributed by atoms with E-state index in [0.717, 1.165) is 25.7 Å². The molecule has 2 rings (SSSR count). The van der Waals surface area contributed by atoms with Gasteiger partial charge in [0, 0.05) is 12.6 Å². The highest BCUT2D eigenvalue weighted by atomic mass is 79.9. The van der Waals surface area contributed by atoms with Crippen LogP contribution in [-0.2, 0) is 10.0 Å². The summed E-state index contributed by atoms with van der Waals surface area (Å²) in [6.45, 7) is 2.41. The van der Waals surface area contributed by atoms with Crippen LogP contribution in [0.2, 0.25) is 0 Å². The zero-order valence-electron chi connectivity index (χ0n) is 11.8. The van der Waals surface area contributed by atoms with Gasteiger partial charge in [-0.05, 0) is 47.0 Å². The van der Waals surface area contributed by atoms with Crippen molar-refractivity contribution in [2.24, 2.45) is 0 Å². The quantitative estimate of drug-likeness (QED) is 0.807. The third kappa shape index (κ3) is 3.02. The van der Waals surface area contributed by atoms with E-state index in [1.54, 1.807) is 29.6 Å². The van der Waals surface area contributed by atoms with Crippen molar-refractivity contribution in [2.75, 3.05) is 13.7 Å². The van der Waals surface area contributed by atoms with E-state index in [1.165, 1.54) is 0 Å². The Hall–Kier alpha value is -0.590. The molecule has 0 aromatic heterocycles. The molecule has 112 valence electrons. The lowest BCUT2D eigenvalue weighted by Gasteiger charge is -2.26. The summed E-state index contributed by atoms with van der Waals surface area (Å²) in [6, 6.07) is 5.05. The van der Waals surface area contributed by atoms with Crippen molar-refractivity contribution in [2.45, 2.75) is 43.5 Å². The molecule has 4 nitrogen and oxygen atoms in total. The van der Waals surface area contributed by atoms with E-state index in [2.05, 4.69) is 15.9 Å². The van der Waals surface area contributed by atoms with Crippen molar-refractivity contribution in [3.63, 3.8) is 0 Å². The highest BCUT2D eigenvalue weighted by Gasteiger charge is 2.32. The van der Waals surface area contributed by atoms with Gasteiger partial charge in [-0.3, -0.25) is 0 Å². The molecule has 0 N–H and O–H groups in total. The first-order valence-corrected chi connectivity index (χ1v) is 9.09. The minimum Gasteiger partial charge on any atom is -0.496 e. The number of hydrogen-bond acceptors (Lipinski definition) is 3. The summed E-state index contributed by atoms with van der Waals surface area (Å²) in [7, 11) is -1.87. The molecule has 0 saturated heterocycles. The molecule has 0 heterocycles. The molecule has 1 saturated carbocycles. The Labute approximate surface area is 129 Å². The van der Waals surface area contributed by atoms with Crippen LogP contribution in [0.25, 0.3) is 0 Å². The minimum atomic E-state index is -3.43. The van der Waals surface area contributed by atoms with Crippen molar-refractivity contribution in [3.8, 4) is 5.75 Å². The Morgan fingerprint density at radius 3 is 2.50 bits per heavy atom. The highest BCUT2D eigenvalue weighted by molar-refractivity contribution is 9.10. The van der Waals surface area contributed by atoms with Crippen LogP contribution in [0.4, 0.5) is 0 Å². The van der Waals surface area contributed by atoms with E-state index in [1.807, 2.05) is 6.92 Å². The van der Waals surface area contributed by atoms with Gasteiger partial charge in [0.1, 0.15) is 5.75 Å². The van der Waals surface area contributed by atoms with Crippen LogP contribution in [0.15, 0.2) is 27.6 Å². The van der Waals surface area contributed by atoms with Gasteiger partial charge in [0.2, 0.25) is 10.0 Å². The molecule has 20 heavy (non-hydrogen) atoms. The minimum absolute atomic E-state index is 0.144. The van der Waals surface area contributed by atoms with Gasteiger partial charge in [-0.1, -0.05) is 19.8 Å². The van der Waals surface area contributed by atoms with Crippen LogP contribution >= 0.6 is 15.9 Å². The summed E-state index contributed by atoms with van der Waals surface area (Å²) in [5.41, 5.74) is 0. The summed E-state index contributed by atoms with van der Waals surface area (Å²) in [5, 5.41) is 0. The molecule has 0 bridgehead atoms.